The quantitative estimate of drug-likeness (QED) is 0.0713. The average Bonchev–Trinajstić information content (AvgIpc) is 3.65. The van der Waals surface area contributed by atoms with E-state index in [4.69, 9.17) is 16.3 Å². The van der Waals surface area contributed by atoms with Crippen molar-refractivity contribution in [3.63, 3.8) is 0 Å². The van der Waals surface area contributed by atoms with Gasteiger partial charge in [-0.15, -0.1) is 0 Å². The van der Waals surface area contributed by atoms with Gasteiger partial charge in [0.1, 0.15) is 22.3 Å². The highest BCUT2D eigenvalue weighted by Crippen LogP contribution is 2.39. The van der Waals surface area contributed by atoms with Crippen LogP contribution in [0.4, 0.5) is 40.2 Å². The topological polar surface area (TPSA) is 219 Å². The molecule has 354 valence electrons. The van der Waals surface area contributed by atoms with Gasteiger partial charge in [0.2, 0.25) is 27.8 Å². The molecule has 2 fully saturated rings. The van der Waals surface area contributed by atoms with Crippen LogP contribution in [0.1, 0.15) is 54.1 Å². The van der Waals surface area contributed by atoms with Crippen LogP contribution in [0.15, 0.2) is 61.1 Å². The highest BCUT2D eigenvalue weighted by molar-refractivity contribution is 7.92. The monoisotopic (exact) mass is 953 g/mol. The fourth-order valence-corrected chi connectivity index (χ4v) is 9.67. The molecule has 0 saturated carbocycles. The zero-order valence-electron chi connectivity index (χ0n) is 38.2. The molecule has 2 aromatic heterocycles. The molecule has 1 unspecified atom stereocenters. The molecule has 5 heterocycles. The summed E-state index contributed by atoms with van der Waals surface area (Å²) < 4.78 is 33.1. The number of fused-ring (bicyclic) bond motifs is 2. The normalized spacial score (nSPS) is 16.7. The highest BCUT2D eigenvalue weighted by Gasteiger charge is 2.40. The number of anilines is 7. The summed E-state index contributed by atoms with van der Waals surface area (Å²) in [5, 5.41) is 12.6. The van der Waals surface area contributed by atoms with Gasteiger partial charge >= 0.3 is 0 Å². The number of rotatable bonds is 18. The number of nitrogens with zero attached hydrogens (tertiary/aromatic N) is 8. The summed E-state index contributed by atoms with van der Waals surface area (Å²) in [6, 6.07) is 13.0. The van der Waals surface area contributed by atoms with Crippen LogP contribution in [0.5, 0.6) is 5.75 Å². The second-order valence-corrected chi connectivity index (χ2v) is 19.3. The van der Waals surface area contributed by atoms with E-state index >= 15 is 0 Å². The Bertz CT molecular complexity index is 2790. The third kappa shape index (κ3) is 10.8. The van der Waals surface area contributed by atoms with Crippen LogP contribution in [-0.2, 0) is 32.6 Å². The molecule has 0 bridgehead atoms. The Balaban J connectivity index is 0.840. The highest BCUT2D eigenvalue weighted by atomic mass is 35.5. The van der Waals surface area contributed by atoms with Gasteiger partial charge in [-0.1, -0.05) is 24.6 Å². The second-order valence-electron chi connectivity index (χ2n) is 17.1. The molecule has 3 aliphatic rings. The van der Waals surface area contributed by atoms with Gasteiger partial charge in [-0.05, 0) is 75.7 Å². The minimum absolute atomic E-state index is 0.176. The Morgan fingerprint density at radius 1 is 0.940 bits per heavy atom. The van der Waals surface area contributed by atoms with Gasteiger partial charge in [0.25, 0.3) is 5.91 Å². The first-order valence-corrected chi connectivity index (χ1v) is 24.6. The number of piperidine rings is 2. The van der Waals surface area contributed by atoms with Crippen molar-refractivity contribution < 1.29 is 27.5 Å². The first-order valence-electron chi connectivity index (χ1n) is 22.3. The number of ether oxygens (including phenoxy) is 1. The van der Waals surface area contributed by atoms with Crippen LogP contribution < -0.4 is 35.6 Å². The summed E-state index contributed by atoms with van der Waals surface area (Å²) in [5.74, 6) is 0.242. The van der Waals surface area contributed by atoms with Crippen LogP contribution in [0.25, 0.3) is 11.0 Å². The third-order valence-electron chi connectivity index (χ3n) is 12.6. The van der Waals surface area contributed by atoms with Gasteiger partial charge in [-0.25, -0.2) is 13.4 Å². The SMILES string of the molecule is CCc1cc(Nc2ncc(Cl)c(Nc3ccc4nccnc4c3NS(C)(=O)=O)n2)c(OC)cc1N1CCC(N(C)CCN(C)CCNc2cccc3c2CN(C2CCC(=O)NC2=O)C3=O)CC1. The molecule has 1 atom stereocenters. The molecule has 3 aliphatic heterocycles. The number of hydrogen-bond donors (Lipinski definition) is 5. The molecule has 8 rings (SSSR count). The molecule has 0 radical (unpaired) electrons. The number of benzene rings is 3. The Morgan fingerprint density at radius 3 is 2.48 bits per heavy atom. The van der Waals surface area contributed by atoms with Gasteiger partial charge < -0.3 is 40.3 Å². The van der Waals surface area contributed by atoms with Crippen molar-refractivity contribution >= 4 is 90.6 Å². The maximum absolute atomic E-state index is 13.2. The second kappa shape index (κ2) is 20.3. The molecule has 67 heavy (non-hydrogen) atoms. The number of hydrogen-bond acceptors (Lipinski definition) is 16. The lowest BCUT2D eigenvalue weighted by atomic mass is 10.0. The van der Waals surface area contributed by atoms with Gasteiger partial charge in [0.15, 0.2) is 5.82 Å². The maximum atomic E-state index is 13.2. The zero-order valence-corrected chi connectivity index (χ0v) is 39.8. The Labute approximate surface area is 395 Å². The minimum atomic E-state index is -3.68. The summed E-state index contributed by atoms with van der Waals surface area (Å²) in [5.41, 5.74) is 6.79. The van der Waals surface area contributed by atoms with E-state index in [0.717, 1.165) is 80.7 Å². The largest absolute Gasteiger partial charge is 0.494 e. The Kier molecular flexibility index (Phi) is 14.3. The molecule has 2 saturated heterocycles. The predicted octanol–water partition coefficient (Wildman–Crippen LogP) is 5.21. The number of carbonyl (C=O) groups is 3. The van der Waals surface area contributed by atoms with Crippen LogP contribution in [0.2, 0.25) is 5.02 Å². The number of likely N-dealkylation sites (N-methyl/N-ethyl adjacent to an activating group) is 2. The van der Waals surface area contributed by atoms with Crippen LogP contribution in [-0.4, -0.2) is 140 Å². The molecule has 19 nitrogen and oxygen atoms in total. The van der Waals surface area contributed by atoms with E-state index in [1.807, 2.05) is 12.1 Å². The lowest BCUT2D eigenvalue weighted by Gasteiger charge is -2.39. The number of aryl methyl sites for hydroxylation is 1. The van der Waals surface area contributed by atoms with Gasteiger partial charge in [-0.2, -0.15) is 4.98 Å². The molecule has 0 aliphatic carbocycles. The first kappa shape index (κ1) is 47.2. The fourth-order valence-electron chi connectivity index (χ4n) is 8.95. The van der Waals surface area contributed by atoms with Gasteiger partial charge in [0.05, 0.1) is 42.1 Å². The van der Waals surface area contributed by atoms with E-state index in [9.17, 15) is 22.8 Å². The molecule has 5 N–H and O–H groups in total. The van der Waals surface area contributed by atoms with Crippen molar-refractivity contribution in [1.82, 2.24) is 40.0 Å². The minimum Gasteiger partial charge on any atom is -0.494 e. The smallest absolute Gasteiger partial charge is 0.255 e. The zero-order chi connectivity index (χ0) is 47.4. The van der Waals surface area contributed by atoms with E-state index in [1.54, 1.807) is 30.2 Å². The van der Waals surface area contributed by atoms with E-state index in [-0.39, 0.29) is 40.7 Å². The van der Waals surface area contributed by atoms with Crippen molar-refractivity contribution in [2.75, 3.05) is 92.3 Å². The van der Waals surface area contributed by atoms with Crippen molar-refractivity contribution in [3.05, 3.63) is 82.8 Å². The average molecular weight is 955 g/mol. The summed E-state index contributed by atoms with van der Waals surface area (Å²) >= 11 is 6.57. The maximum Gasteiger partial charge on any atom is 0.255 e. The number of amides is 3. The standard InChI is InChI=1S/C46H56ClN13O6S/c1-6-28-24-36(53-46-51-26-32(47)43(55-46)52-35-11-10-34-41(50-17-16-48-34)42(35)56-67(5,64)65)39(66-4)25-38(28)59-19-14-29(15-20-59)58(3)23-22-57(2)21-18-49-33-9-7-8-30-31(33)27-60(45(30)63)37-12-13-40(61)54-44(37)62/h7-11,16-17,24-26,29,37,49,56H,6,12-15,18-23,27H2,1-5H3,(H,54,61,62)(H2,51,52,53,55). The summed E-state index contributed by atoms with van der Waals surface area (Å²) in [6.07, 6.45) is 8.92. The van der Waals surface area contributed by atoms with E-state index in [2.05, 4.69) is 93.8 Å². The molecule has 5 aromatic rings. The Morgan fingerprint density at radius 2 is 1.73 bits per heavy atom. The van der Waals surface area contributed by atoms with Crippen LogP contribution in [0, 0.1) is 0 Å². The van der Waals surface area contributed by atoms with E-state index in [1.165, 1.54) is 18.6 Å². The van der Waals surface area contributed by atoms with Gasteiger partial charge in [-0.3, -0.25) is 34.4 Å². The number of imide groups is 1. The number of sulfonamides is 1. The van der Waals surface area contributed by atoms with Crippen molar-refractivity contribution in [3.8, 4) is 5.75 Å². The molecule has 0 spiro atoms. The lowest BCUT2D eigenvalue weighted by molar-refractivity contribution is -0.136. The Hall–Kier alpha value is -6.35. The van der Waals surface area contributed by atoms with Gasteiger partial charge in [0, 0.05) is 99.2 Å². The predicted molar refractivity (Wildman–Crippen MR) is 260 cm³/mol. The number of aromatic nitrogens is 4. The molecule has 3 aromatic carbocycles. The molecular formula is C46H56ClN13O6S. The van der Waals surface area contributed by atoms with Crippen molar-refractivity contribution in [2.45, 2.75) is 57.7 Å². The summed E-state index contributed by atoms with van der Waals surface area (Å²) in [7, 11) is 2.28. The number of nitrogens with one attached hydrogen (secondary N) is 5. The van der Waals surface area contributed by atoms with E-state index in [0.29, 0.717) is 59.3 Å². The summed E-state index contributed by atoms with van der Waals surface area (Å²) in [6.45, 7) is 7.58. The van der Waals surface area contributed by atoms with Crippen LogP contribution in [0.3, 0.4) is 0 Å². The third-order valence-corrected chi connectivity index (χ3v) is 13.5. The lowest BCUT2D eigenvalue weighted by Crippen LogP contribution is -2.52. The number of methoxy groups -OCH3 is 1. The summed E-state index contributed by atoms with van der Waals surface area (Å²) in [4.78, 5) is 64.0. The van der Waals surface area contributed by atoms with Crippen molar-refractivity contribution in [1.29, 1.82) is 0 Å². The molecule has 21 heteroatoms. The van der Waals surface area contributed by atoms with Crippen molar-refractivity contribution in [2.24, 2.45) is 0 Å². The molecular weight excluding hydrogens is 898 g/mol. The number of halogens is 1. The fraction of sp³-hybridized carbons (Fsp3) is 0.413. The number of carbonyl (C=O) groups excluding carboxylic acids is 3. The van der Waals surface area contributed by atoms with Crippen LogP contribution >= 0.6 is 11.6 Å². The van der Waals surface area contributed by atoms with E-state index < -0.39 is 22.0 Å². The first-order chi connectivity index (χ1) is 32.2. The molecule has 3 amide bonds.